The van der Waals surface area contributed by atoms with Crippen LogP contribution in [0.3, 0.4) is 0 Å². The molecule has 2 aromatic rings. The molecule has 0 radical (unpaired) electrons. The number of aromatic nitrogens is 2. The van der Waals surface area contributed by atoms with Crippen LogP contribution in [0.2, 0.25) is 0 Å². The van der Waals surface area contributed by atoms with E-state index in [1.54, 1.807) is 7.11 Å². The van der Waals surface area contributed by atoms with E-state index in [1.165, 1.54) is 5.56 Å². The van der Waals surface area contributed by atoms with Crippen LogP contribution in [-0.2, 0) is 13.5 Å². The predicted octanol–water partition coefficient (Wildman–Crippen LogP) is 3.09. The van der Waals surface area contributed by atoms with E-state index in [0.29, 0.717) is 0 Å². The smallest absolute Gasteiger partial charge is 0.122 e. The van der Waals surface area contributed by atoms with Crippen LogP contribution < -0.4 is 4.74 Å². The van der Waals surface area contributed by atoms with Gasteiger partial charge < -0.3 is 9.30 Å². The predicted molar refractivity (Wildman–Crippen MR) is 71.4 cm³/mol. The van der Waals surface area contributed by atoms with Crippen molar-refractivity contribution in [2.45, 2.75) is 13.3 Å². The minimum atomic E-state index is 0.770. The zero-order chi connectivity index (χ0) is 12.4. The molecule has 90 valence electrons. The Kier molecular flexibility index (Phi) is 3.52. The van der Waals surface area contributed by atoms with Crippen molar-refractivity contribution >= 4 is 15.9 Å². The van der Waals surface area contributed by atoms with E-state index in [4.69, 9.17) is 4.74 Å². The van der Waals surface area contributed by atoms with Gasteiger partial charge in [0.25, 0.3) is 0 Å². The summed E-state index contributed by atoms with van der Waals surface area (Å²) in [5.74, 6) is 0.910. The number of aryl methyl sites for hydroxylation is 2. The molecule has 0 amide bonds. The van der Waals surface area contributed by atoms with E-state index in [0.717, 1.165) is 28.0 Å². The summed E-state index contributed by atoms with van der Waals surface area (Å²) < 4.78 is 8.34. The van der Waals surface area contributed by atoms with Crippen LogP contribution >= 0.6 is 15.9 Å². The summed E-state index contributed by atoms with van der Waals surface area (Å²) in [7, 11) is 3.66. The van der Waals surface area contributed by atoms with Crippen molar-refractivity contribution in [3.8, 4) is 5.75 Å². The molecule has 1 heterocycles. The quantitative estimate of drug-likeness (QED) is 0.870. The molecule has 0 bridgehead atoms. The maximum absolute atomic E-state index is 5.37. The highest BCUT2D eigenvalue weighted by Crippen LogP contribution is 2.25. The molecule has 2 rings (SSSR count). The first kappa shape index (κ1) is 12.2. The van der Waals surface area contributed by atoms with Gasteiger partial charge in [0.15, 0.2) is 0 Å². The summed E-state index contributed by atoms with van der Waals surface area (Å²) in [5.41, 5.74) is 3.41. The van der Waals surface area contributed by atoms with Crippen LogP contribution in [0.5, 0.6) is 5.75 Å². The van der Waals surface area contributed by atoms with E-state index in [9.17, 15) is 0 Å². The van der Waals surface area contributed by atoms with Crippen molar-refractivity contribution in [2.24, 2.45) is 7.05 Å². The molecule has 0 spiro atoms. The van der Waals surface area contributed by atoms with Gasteiger partial charge in [-0.3, -0.25) is 0 Å². The Morgan fingerprint density at radius 3 is 2.76 bits per heavy atom. The number of ether oxygens (including phenoxy) is 1. The topological polar surface area (TPSA) is 27.1 Å². The lowest BCUT2D eigenvalue weighted by Crippen LogP contribution is -1.96. The summed E-state index contributed by atoms with van der Waals surface area (Å²) in [6.45, 7) is 2.08. The lowest BCUT2D eigenvalue weighted by Gasteiger charge is -2.08. The highest BCUT2D eigenvalue weighted by Gasteiger charge is 2.10. The maximum atomic E-state index is 5.37. The van der Waals surface area contributed by atoms with Gasteiger partial charge in [-0.05, 0) is 28.9 Å². The number of rotatable bonds is 3. The van der Waals surface area contributed by atoms with Gasteiger partial charge in [0.2, 0.25) is 0 Å². The van der Waals surface area contributed by atoms with Gasteiger partial charge in [-0.2, -0.15) is 0 Å². The second-order valence-electron chi connectivity index (χ2n) is 4.09. The molecule has 4 heteroatoms. The number of nitrogens with zero attached hydrogens (tertiary/aromatic N) is 2. The number of methoxy groups -OCH3 is 1. The van der Waals surface area contributed by atoms with Gasteiger partial charge in [-0.25, -0.2) is 4.98 Å². The van der Waals surface area contributed by atoms with Crippen molar-refractivity contribution in [2.75, 3.05) is 7.11 Å². The van der Waals surface area contributed by atoms with E-state index >= 15 is 0 Å². The van der Waals surface area contributed by atoms with Gasteiger partial charge in [0.1, 0.15) is 10.4 Å². The molecule has 0 atom stereocenters. The highest BCUT2D eigenvalue weighted by molar-refractivity contribution is 9.10. The minimum absolute atomic E-state index is 0.770. The summed E-state index contributed by atoms with van der Waals surface area (Å²) >= 11 is 3.53. The lowest BCUT2D eigenvalue weighted by molar-refractivity contribution is 0.410. The third-order valence-corrected chi connectivity index (χ3v) is 3.75. The molecule has 0 fully saturated rings. The van der Waals surface area contributed by atoms with Gasteiger partial charge >= 0.3 is 0 Å². The Balaban J connectivity index is 2.35. The summed E-state index contributed by atoms with van der Waals surface area (Å²) in [6.07, 6.45) is 2.58. The summed E-state index contributed by atoms with van der Waals surface area (Å²) in [4.78, 5) is 4.38. The monoisotopic (exact) mass is 294 g/mol. The van der Waals surface area contributed by atoms with Gasteiger partial charge in [0, 0.05) is 19.0 Å². The SMILES string of the molecule is COc1ccc(C)cc1Cc1ncn(C)c1Br. The second-order valence-corrected chi connectivity index (χ2v) is 4.84. The van der Waals surface area contributed by atoms with Crippen molar-refractivity contribution in [1.82, 2.24) is 9.55 Å². The summed E-state index contributed by atoms with van der Waals surface area (Å²) in [5, 5.41) is 0. The van der Waals surface area contributed by atoms with Crippen LogP contribution in [-0.4, -0.2) is 16.7 Å². The number of benzene rings is 1. The Hall–Kier alpha value is -1.29. The summed E-state index contributed by atoms with van der Waals surface area (Å²) in [6, 6.07) is 6.19. The fourth-order valence-electron chi connectivity index (χ4n) is 1.81. The molecule has 0 aliphatic rings. The van der Waals surface area contributed by atoms with Crippen LogP contribution in [0.25, 0.3) is 0 Å². The molecule has 0 aliphatic heterocycles. The fraction of sp³-hybridized carbons (Fsp3) is 0.308. The van der Waals surface area contributed by atoms with Crippen molar-refractivity contribution < 1.29 is 4.74 Å². The average Bonchev–Trinajstić information content (AvgIpc) is 2.61. The molecular formula is C13H15BrN2O. The van der Waals surface area contributed by atoms with E-state index in [1.807, 2.05) is 24.0 Å². The molecule has 0 saturated heterocycles. The van der Waals surface area contributed by atoms with Crippen LogP contribution in [0.15, 0.2) is 29.1 Å². The number of hydrogen-bond acceptors (Lipinski definition) is 2. The Bertz CT molecular complexity index is 534. The minimum Gasteiger partial charge on any atom is -0.496 e. The van der Waals surface area contributed by atoms with E-state index < -0.39 is 0 Å². The maximum Gasteiger partial charge on any atom is 0.122 e. The molecule has 1 aromatic heterocycles. The third kappa shape index (κ3) is 2.52. The lowest BCUT2D eigenvalue weighted by atomic mass is 10.1. The first-order chi connectivity index (χ1) is 8.11. The molecule has 1 aromatic carbocycles. The Labute approximate surface area is 110 Å². The Morgan fingerprint density at radius 2 is 2.18 bits per heavy atom. The van der Waals surface area contributed by atoms with Crippen molar-refractivity contribution in [3.63, 3.8) is 0 Å². The molecule has 0 saturated carbocycles. The van der Waals surface area contributed by atoms with Crippen molar-refractivity contribution in [3.05, 3.63) is 46.0 Å². The van der Waals surface area contributed by atoms with Gasteiger partial charge in [-0.1, -0.05) is 17.7 Å². The molecule has 3 nitrogen and oxygen atoms in total. The van der Waals surface area contributed by atoms with Crippen LogP contribution in [0, 0.1) is 6.92 Å². The molecule has 0 N–H and O–H groups in total. The van der Waals surface area contributed by atoms with E-state index in [-0.39, 0.29) is 0 Å². The zero-order valence-electron chi connectivity index (χ0n) is 10.2. The zero-order valence-corrected chi connectivity index (χ0v) is 11.8. The Morgan fingerprint density at radius 1 is 1.41 bits per heavy atom. The highest BCUT2D eigenvalue weighted by atomic mass is 79.9. The van der Waals surface area contributed by atoms with Crippen LogP contribution in [0.1, 0.15) is 16.8 Å². The third-order valence-electron chi connectivity index (χ3n) is 2.73. The number of imidazole rings is 1. The second kappa shape index (κ2) is 4.92. The first-order valence-corrected chi connectivity index (χ1v) is 6.20. The normalized spacial score (nSPS) is 10.6. The first-order valence-electron chi connectivity index (χ1n) is 5.41. The van der Waals surface area contributed by atoms with Crippen molar-refractivity contribution in [1.29, 1.82) is 0 Å². The van der Waals surface area contributed by atoms with Gasteiger partial charge in [0.05, 0.1) is 19.1 Å². The fourth-order valence-corrected chi connectivity index (χ4v) is 2.14. The molecular weight excluding hydrogens is 280 g/mol. The molecule has 0 aliphatic carbocycles. The standard InChI is InChI=1S/C13H15BrN2O/c1-9-4-5-12(17-3)10(6-9)7-11-13(14)16(2)8-15-11/h4-6,8H,7H2,1-3H3. The van der Waals surface area contributed by atoms with E-state index in [2.05, 4.69) is 40.0 Å². The molecule has 0 unspecified atom stereocenters. The number of hydrogen-bond donors (Lipinski definition) is 0. The average molecular weight is 295 g/mol. The number of halogens is 1. The largest absolute Gasteiger partial charge is 0.496 e. The van der Waals surface area contributed by atoms with Gasteiger partial charge in [-0.15, -0.1) is 0 Å². The van der Waals surface area contributed by atoms with Crippen LogP contribution in [0.4, 0.5) is 0 Å². The molecule has 17 heavy (non-hydrogen) atoms.